The zero-order valence-corrected chi connectivity index (χ0v) is 11.6. The first-order valence-corrected chi connectivity index (χ1v) is 6.83. The molecule has 3 nitrogen and oxygen atoms in total. The predicted molar refractivity (Wildman–Crippen MR) is 75.6 cm³/mol. The van der Waals surface area contributed by atoms with Crippen LogP contribution in [0.4, 0.5) is 5.69 Å². The molecule has 1 aliphatic rings. The van der Waals surface area contributed by atoms with Crippen LogP contribution in [0.1, 0.15) is 31.7 Å². The van der Waals surface area contributed by atoms with Gasteiger partial charge in [-0.3, -0.25) is 4.90 Å². The highest BCUT2D eigenvalue weighted by Gasteiger charge is 2.25. The van der Waals surface area contributed by atoms with Gasteiger partial charge in [-0.05, 0) is 44.9 Å². The van der Waals surface area contributed by atoms with Gasteiger partial charge in [0.2, 0.25) is 0 Å². The summed E-state index contributed by atoms with van der Waals surface area (Å²) in [5.41, 5.74) is 7.19. The summed E-state index contributed by atoms with van der Waals surface area (Å²) < 4.78 is 0. The number of likely N-dealkylation sites (tertiary alicyclic amines) is 1. The van der Waals surface area contributed by atoms with Gasteiger partial charge < -0.3 is 10.8 Å². The van der Waals surface area contributed by atoms with Crippen molar-refractivity contribution in [1.29, 1.82) is 0 Å². The molecule has 0 aliphatic carbocycles. The van der Waals surface area contributed by atoms with E-state index in [1.165, 1.54) is 0 Å². The molecule has 100 valence electrons. The molecule has 1 saturated heterocycles. The van der Waals surface area contributed by atoms with Gasteiger partial charge in [-0.2, -0.15) is 0 Å². The van der Waals surface area contributed by atoms with E-state index in [4.69, 9.17) is 17.3 Å². The molecule has 1 fully saturated rings. The van der Waals surface area contributed by atoms with Crippen LogP contribution >= 0.6 is 11.6 Å². The molecule has 1 unspecified atom stereocenters. The molecule has 0 bridgehead atoms. The summed E-state index contributed by atoms with van der Waals surface area (Å²) in [5, 5.41) is 10.8. The second-order valence-corrected chi connectivity index (χ2v) is 5.84. The molecule has 1 aromatic rings. The smallest absolute Gasteiger partial charge is 0.0632 e. The SMILES string of the molecule is CC1(O)CCCN(Cc2c(N)cccc2Cl)CC1. The van der Waals surface area contributed by atoms with E-state index in [2.05, 4.69) is 4.90 Å². The molecule has 1 atom stereocenters. The fourth-order valence-electron chi connectivity index (χ4n) is 2.44. The number of hydrogen-bond acceptors (Lipinski definition) is 3. The number of hydrogen-bond donors (Lipinski definition) is 2. The van der Waals surface area contributed by atoms with E-state index in [1.54, 1.807) is 0 Å². The first kappa shape index (κ1) is 13.7. The van der Waals surface area contributed by atoms with Crippen molar-refractivity contribution in [3.05, 3.63) is 28.8 Å². The minimum Gasteiger partial charge on any atom is -0.398 e. The summed E-state index contributed by atoms with van der Waals surface area (Å²) in [6, 6.07) is 5.63. The Morgan fingerprint density at radius 2 is 2.17 bits per heavy atom. The number of aliphatic hydroxyl groups is 1. The predicted octanol–water partition coefficient (Wildman–Crippen LogP) is 2.66. The highest BCUT2D eigenvalue weighted by Crippen LogP contribution is 2.26. The molecular weight excluding hydrogens is 248 g/mol. The number of nitrogen functional groups attached to an aromatic ring is 1. The van der Waals surface area contributed by atoms with Crippen LogP contribution in [0.2, 0.25) is 5.02 Å². The van der Waals surface area contributed by atoms with Crippen LogP contribution in [0, 0.1) is 0 Å². The summed E-state index contributed by atoms with van der Waals surface area (Å²) in [6.07, 6.45) is 2.68. The molecule has 0 amide bonds. The number of nitrogens with two attached hydrogens (primary N) is 1. The third-order valence-corrected chi connectivity index (χ3v) is 4.05. The Morgan fingerprint density at radius 1 is 1.39 bits per heavy atom. The van der Waals surface area contributed by atoms with E-state index < -0.39 is 5.60 Å². The molecule has 1 aliphatic heterocycles. The van der Waals surface area contributed by atoms with Crippen LogP contribution in [0.25, 0.3) is 0 Å². The maximum Gasteiger partial charge on any atom is 0.0632 e. The lowest BCUT2D eigenvalue weighted by Gasteiger charge is -2.23. The molecule has 3 N–H and O–H groups in total. The monoisotopic (exact) mass is 268 g/mol. The average Bonchev–Trinajstić information content (AvgIpc) is 2.46. The van der Waals surface area contributed by atoms with E-state index in [0.29, 0.717) is 0 Å². The van der Waals surface area contributed by atoms with E-state index in [1.807, 2.05) is 25.1 Å². The maximum atomic E-state index is 10.1. The van der Waals surface area contributed by atoms with Gasteiger partial charge in [-0.1, -0.05) is 17.7 Å². The van der Waals surface area contributed by atoms with Crippen LogP contribution in [0.15, 0.2) is 18.2 Å². The van der Waals surface area contributed by atoms with Crippen molar-refractivity contribution in [1.82, 2.24) is 4.90 Å². The summed E-state index contributed by atoms with van der Waals surface area (Å²) in [4.78, 5) is 2.32. The Labute approximate surface area is 114 Å². The van der Waals surface area contributed by atoms with Crippen LogP contribution in [-0.2, 0) is 6.54 Å². The third kappa shape index (κ3) is 3.37. The van der Waals surface area contributed by atoms with Crippen LogP contribution < -0.4 is 5.73 Å². The molecule has 0 saturated carbocycles. The van der Waals surface area contributed by atoms with Gasteiger partial charge in [0.15, 0.2) is 0 Å². The minimum atomic E-state index is -0.527. The fourth-order valence-corrected chi connectivity index (χ4v) is 2.68. The lowest BCUT2D eigenvalue weighted by Crippen LogP contribution is -2.28. The zero-order valence-electron chi connectivity index (χ0n) is 10.8. The Morgan fingerprint density at radius 3 is 2.89 bits per heavy atom. The Hall–Kier alpha value is -0.770. The van der Waals surface area contributed by atoms with E-state index >= 15 is 0 Å². The number of anilines is 1. The molecule has 0 radical (unpaired) electrons. The molecule has 1 aromatic carbocycles. The molecule has 2 rings (SSSR count). The van der Waals surface area contributed by atoms with Crippen molar-refractivity contribution < 1.29 is 5.11 Å². The van der Waals surface area contributed by atoms with Crippen molar-refractivity contribution >= 4 is 17.3 Å². The molecular formula is C14H21ClN2O. The maximum absolute atomic E-state index is 10.1. The summed E-state index contributed by atoms with van der Waals surface area (Å²) in [5.74, 6) is 0. The van der Waals surface area contributed by atoms with Gasteiger partial charge in [-0.25, -0.2) is 0 Å². The van der Waals surface area contributed by atoms with E-state index in [-0.39, 0.29) is 0 Å². The topological polar surface area (TPSA) is 49.5 Å². The fraction of sp³-hybridized carbons (Fsp3) is 0.571. The first-order chi connectivity index (χ1) is 8.48. The van der Waals surface area contributed by atoms with Gasteiger partial charge in [0.25, 0.3) is 0 Å². The van der Waals surface area contributed by atoms with Crippen molar-refractivity contribution in [2.75, 3.05) is 18.8 Å². The third-order valence-electron chi connectivity index (χ3n) is 3.69. The number of benzene rings is 1. The highest BCUT2D eigenvalue weighted by atomic mass is 35.5. The number of nitrogens with zero attached hydrogens (tertiary/aromatic N) is 1. The average molecular weight is 269 g/mol. The molecule has 0 aromatic heterocycles. The molecule has 0 spiro atoms. The summed E-state index contributed by atoms with van der Waals surface area (Å²) in [7, 11) is 0. The number of halogens is 1. The van der Waals surface area contributed by atoms with Gasteiger partial charge in [0, 0.05) is 29.4 Å². The number of rotatable bonds is 2. The minimum absolute atomic E-state index is 0.527. The molecule has 1 heterocycles. The second kappa shape index (κ2) is 5.47. The van der Waals surface area contributed by atoms with E-state index in [0.717, 1.165) is 55.2 Å². The second-order valence-electron chi connectivity index (χ2n) is 5.43. The van der Waals surface area contributed by atoms with Crippen molar-refractivity contribution in [2.45, 2.75) is 38.3 Å². The zero-order chi connectivity index (χ0) is 13.2. The van der Waals surface area contributed by atoms with Crippen LogP contribution in [0.3, 0.4) is 0 Å². The Balaban J connectivity index is 2.05. The van der Waals surface area contributed by atoms with Crippen LogP contribution in [0.5, 0.6) is 0 Å². The van der Waals surface area contributed by atoms with Crippen molar-refractivity contribution in [3.8, 4) is 0 Å². The van der Waals surface area contributed by atoms with Gasteiger partial charge >= 0.3 is 0 Å². The standard InChI is InChI=1S/C14H21ClN2O/c1-14(18)6-3-8-17(9-7-14)10-11-12(15)4-2-5-13(11)16/h2,4-5,18H,3,6-10,16H2,1H3. The van der Waals surface area contributed by atoms with Gasteiger partial charge in [0.1, 0.15) is 0 Å². The van der Waals surface area contributed by atoms with Gasteiger partial charge in [0.05, 0.1) is 5.60 Å². The van der Waals surface area contributed by atoms with Gasteiger partial charge in [-0.15, -0.1) is 0 Å². The van der Waals surface area contributed by atoms with Crippen molar-refractivity contribution in [3.63, 3.8) is 0 Å². The Kier molecular flexibility index (Phi) is 4.15. The quantitative estimate of drug-likeness (QED) is 0.811. The largest absolute Gasteiger partial charge is 0.398 e. The normalized spacial score (nSPS) is 25.9. The van der Waals surface area contributed by atoms with Crippen LogP contribution in [-0.4, -0.2) is 28.7 Å². The highest BCUT2D eigenvalue weighted by molar-refractivity contribution is 6.31. The lowest BCUT2D eigenvalue weighted by atomic mass is 9.98. The lowest BCUT2D eigenvalue weighted by molar-refractivity contribution is 0.0444. The molecule has 18 heavy (non-hydrogen) atoms. The first-order valence-electron chi connectivity index (χ1n) is 6.45. The Bertz CT molecular complexity index is 400. The van der Waals surface area contributed by atoms with E-state index in [9.17, 15) is 5.11 Å². The molecule has 4 heteroatoms. The van der Waals surface area contributed by atoms with Crippen molar-refractivity contribution in [2.24, 2.45) is 0 Å². The summed E-state index contributed by atoms with van der Waals surface area (Å²) in [6.45, 7) is 4.56. The summed E-state index contributed by atoms with van der Waals surface area (Å²) >= 11 is 6.19.